The van der Waals surface area contributed by atoms with Gasteiger partial charge < -0.3 is 14.6 Å². The van der Waals surface area contributed by atoms with Crippen LogP contribution >= 0.6 is 11.6 Å². The van der Waals surface area contributed by atoms with Gasteiger partial charge >= 0.3 is 0 Å². The Morgan fingerprint density at radius 3 is 2.71 bits per heavy atom. The molecule has 0 radical (unpaired) electrons. The number of likely N-dealkylation sites (N-methyl/N-ethyl adjacent to an activating group) is 1. The molecular formula is C21H22ClN3O3. The normalized spacial score (nSPS) is 10.9. The lowest BCUT2D eigenvalue weighted by Crippen LogP contribution is -2.35. The predicted molar refractivity (Wildman–Crippen MR) is 110 cm³/mol. The lowest BCUT2D eigenvalue weighted by atomic mass is 10.1. The van der Waals surface area contributed by atoms with Crippen LogP contribution in [0.25, 0.3) is 10.9 Å². The fraction of sp³-hybridized carbons (Fsp3) is 0.286. The van der Waals surface area contributed by atoms with Crippen molar-refractivity contribution in [3.05, 3.63) is 68.7 Å². The molecule has 0 spiro atoms. The molecule has 2 aromatic carbocycles. The van der Waals surface area contributed by atoms with E-state index in [9.17, 15) is 9.59 Å². The van der Waals surface area contributed by atoms with E-state index in [2.05, 4.69) is 9.97 Å². The van der Waals surface area contributed by atoms with Crippen LogP contribution in [-0.2, 0) is 11.3 Å². The summed E-state index contributed by atoms with van der Waals surface area (Å²) >= 11 is 6.00. The Balaban J connectivity index is 1.73. The Labute approximate surface area is 168 Å². The van der Waals surface area contributed by atoms with Crippen LogP contribution in [0, 0.1) is 13.8 Å². The van der Waals surface area contributed by atoms with Gasteiger partial charge in [0.2, 0.25) is 0 Å². The molecular weight excluding hydrogens is 378 g/mol. The summed E-state index contributed by atoms with van der Waals surface area (Å²) in [7, 11) is 0. The fourth-order valence-corrected chi connectivity index (χ4v) is 3.15. The molecule has 0 unspecified atom stereocenters. The van der Waals surface area contributed by atoms with Crippen molar-refractivity contribution >= 4 is 28.4 Å². The Bertz CT molecular complexity index is 1080. The van der Waals surface area contributed by atoms with Gasteiger partial charge in [-0.15, -0.1) is 0 Å². The van der Waals surface area contributed by atoms with E-state index in [4.69, 9.17) is 16.3 Å². The zero-order valence-corrected chi connectivity index (χ0v) is 16.8. The zero-order valence-electron chi connectivity index (χ0n) is 16.1. The Morgan fingerprint density at radius 2 is 2.00 bits per heavy atom. The number of ether oxygens (including phenoxy) is 1. The maximum absolute atomic E-state index is 12.6. The summed E-state index contributed by atoms with van der Waals surface area (Å²) in [6.45, 7) is 6.38. The van der Waals surface area contributed by atoms with Gasteiger partial charge in [0, 0.05) is 11.6 Å². The molecule has 0 aliphatic carbocycles. The second kappa shape index (κ2) is 8.44. The van der Waals surface area contributed by atoms with Gasteiger partial charge in [0.15, 0.2) is 6.61 Å². The van der Waals surface area contributed by atoms with Crippen LogP contribution in [0.2, 0.25) is 5.02 Å². The molecule has 28 heavy (non-hydrogen) atoms. The van der Waals surface area contributed by atoms with Crippen LogP contribution in [0.15, 0.2) is 41.2 Å². The van der Waals surface area contributed by atoms with E-state index in [1.54, 1.807) is 23.1 Å². The number of aromatic nitrogens is 2. The Hall–Kier alpha value is -2.86. The molecule has 0 atom stereocenters. The number of hydrogen-bond acceptors (Lipinski definition) is 4. The van der Waals surface area contributed by atoms with E-state index < -0.39 is 0 Å². The number of hydrogen-bond donors (Lipinski definition) is 1. The highest BCUT2D eigenvalue weighted by atomic mass is 35.5. The lowest BCUT2D eigenvalue weighted by molar-refractivity contribution is -0.133. The lowest BCUT2D eigenvalue weighted by Gasteiger charge is -2.21. The number of nitrogens with zero attached hydrogens (tertiary/aromatic N) is 2. The van der Waals surface area contributed by atoms with Gasteiger partial charge in [-0.05, 0) is 50.6 Å². The summed E-state index contributed by atoms with van der Waals surface area (Å²) in [4.78, 5) is 33.6. The van der Waals surface area contributed by atoms with E-state index >= 15 is 0 Å². The predicted octanol–water partition coefficient (Wildman–Crippen LogP) is 3.62. The first-order chi connectivity index (χ1) is 13.4. The van der Waals surface area contributed by atoms with Gasteiger partial charge in [-0.25, -0.2) is 4.98 Å². The number of carbonyl (C=O) groups excluding carboxylic acids is 1. The largest absolute Gasteiger partial charge is 0.484 e. The van der Waals surface area contributed by atoms with Gasteiger partial charge in [0.1, 0.15) is 11.6 Å². The van der Waals surface area contributed by atoms with Crippen molar-refractivity contribution in [3.8, 4) is 5.75 Å². The molecule has 0 aliphatic rings. The molecule has 1 N–H and O–H groups in total. The summed E-state index contributed by atoms with van der Waals surface area (Å²) in [6, 6.07) is 10.7. The standard InChI is InChI=1S/C21H22ClN3O3/c1-4-25(20(26)12-28-18-8-5-13(2)9-14(18)3)11-19-23-17-10-15(22)6-7-16(17)21(27)24-19/h5-10H,4,11-12H2,1-3H3,(H,23,24,27). The number of benzene rings is 2. The minimum atomic E-state index is -0.258. The smallest absolute Gasteiger partial charge is 0.260 e. The molecule has 6 nitrogen and oxygen atoms in total. The highest BCUT2D eigenvalue weighted by Gasteiger charge is 2.16. The number of halogens is 1. The topological polar surface area (TPSA) is 75.3 Å². The number of carbonyl (C=O) groups is 1. The molecule has 1 heterocycles. The summed E-state index contributed by atoms with van der Waals surface area (Å²) in [5.41, 5.74) is 2.36. The van der Waals surface area contributed by atoms with Crippen LogP contribution in [0.4, 0.5) is 0 Å². The third kappa shape index (κ3) is 4.51. The third-order valence-electron chi connectivity index (χ3n) is 4.47. The van der Waals surface area contributed by atoms with Crippen molar-refractivity contribution in [1.29, 1.82) is 0 Å². The first-order valence-electron chi connectivity index (χ1n) is 9.03. The van der Waals surface area contributed by atoms with E-state index in [0.29, 0.717) is 34.0 Å². The van der Waals surface area contributed by atoms with Crippen molar-refractivity contribution in [2.24, 2.45) is 0 Å². The first-order valence-corrected chi connectivity index (χ1v) is 9.41. The summed E-state index contributed by atoms with van der Waals surface area (Å²) in [6.07, 6.45) is 0. The summed E-state index contributed by atoms with van der Waals surface area (Å²) < 4.78 is 5.68. The molecule has 0 aliphatic heterocycles. The maximum atomic E-state index is 12.6. The second-order valence-electron chi connectivity index (χ2n) is 6.64. The van der Waals surface area contributed by atoms with Gasteiger partial charge in [-0.2, -0.15) is 0 Å². The second-order valence-corrected chi connectivity index (χ2v) is 7.08. The molecule has 0 fully saturated rings. The van der Waals surface area contributed by atoms with E-state index in [1.807, 2.05) is 39.0 Å². The molecule has 0 bridgehead atoms. The van der Waals surface area contributed by atoms with Crippen molar-refractivity contribution in [1.82, 2.24) is 14.9 Å². The van der Waals surface area contributed by atoms with Crippen LogP contribution in [0.5, 0.6) is 5.75 Å². The van der Waals surface area contributed by atoms with Gasteiger partial charge in [0.05, 0.1) is 17.4 Å². The summed E-state index contributed by atoms with van der Waals surface area (Å²) in [5.74, 6) is 0.902. The SMILES string of the molecule is CCN(Cc1nc2cc(Cl)ccc2c(=O)[nH]1)C(=O)COc1ccc(C)cc1C. The van der Waals surface area contributed by atoms with E-state index in [0.717, 1.165) is 11.1 Å². The van der Waals surface area contributed by atoms with E-state index in [1.165, 1.54) is 0 Å². The minimum absolute atomic E-state index is 0.0820. The Morgan fingerprint density at radius 1 is 1.21 bits per heavy atom. The average Bonchev–Trinajstić information content (AvgIpc) is 2.64. The number of fused-ring (bicyclic) bond motifs is 1. The van der Waals surface area contributed by atoms with Crippen molar-refractivity contribution in [3.63, 3.8) is 0 Å². The van der Waals surface area contributed by atoms with Crippen LogP contribution in [0.1, 0.15) is 23.9 Å². The molecule has 7 heteroatoms. The van der Waals surface area contributed by atoms with Crippen LogP contribution in [-0.4, -0.2) is 33.9 Å². The van der Waals surface area contributed by atoms with Crippen molar-refractivity contribution in [2.45, 2.75) is 27.3 Å². The van der Waals surface area contributed by atoms with Gasteiger partial charge in [0.25, 0.3) is 11.5 Å². The first kappa shape index (κ1) is 19.9. The number of aromatic amines is 1. The third-order valence-corrected chi connectivity index (χ3v) is 4.71. The number of H-pyrrole nitrogens is 1. The fourth-order valence-electron chi connectivity index (χ4n) is 2.99. The average molecular weight is 400 g/mol. The molecule has 0 saturated carbocycles. The number of aryl methyl sites for hydroxylation is 2. The van der Waals surface area contributed by atoms with Gasteiger partial charge in [-0.3, -0.25) is 9.59 Å². The zero-order chi connectivity index (χ0) is 20.3. The van der Waals surface area contributed by atoms with Crippen LogP contribution < -0.4 is 10.3 Å². The number of nitrogens with one attached hydrogen (secondary N) is 1. The van der Waals surface area contributed by atoms with Crippen molar-refractivity contribution in [2.75, 3.05) is 13.2 Å². The quantitative estimate of drug-likeness (QED) is 0.686. The van der Waals surface area contributed by atoms with E-state index in [-0.39, 0.29) is 24.6 Å². The maximum Gasteiger partial charge on any atom is 0.260 e. The molecule has 3 rings (SSSR count). The highest BCUT2D eigenvalue weighted by Crippen LogP contribution is 2.19. The minimum Gasteiger partial charge on any atom is -0.484 e. The highest BCUT2D eigenvalue weighted by molar-refractivity contribution is 6.31. The molecule has 1 aromatic heterocycles. The van der Waals surface area contributed by atoms with Crippen molar-refractivity contribution < 1.29 is 9.53 Å². The molecule has 1 amide bonds. The monoisotopic (exact) mass is 399 g/mol. The number of rotatable bonds is 6. The molecule has 3 aromatic rings. The van der Waals surface area contributed by atoms with Crippen LogP contribution in [0.3, 0.4) is 0 Å². The van der Waals surface area contributed by atoms with Gasteiger partial charge in [-0.1, -0.05) is 29.3 Å². The molecule has 0 saturated heterocycles. The molecule has 146 valence electrons. The number of amides is 1. The Kier molecular flexibility index (Phi) is 5.99. The summed E-state index contributed by atoms with van der Waals surface area (Å²) in [5, 5.41) is 0.961.